The second-order valence-corrected chi connectivity index (χ2v) is 2.28. The smallest absolute Gasteiger partial charge is 0.217 e. The third-order valence-corrected chi connectivity index (χ3v) is 1.28. The molecule has 0 bridgehead atoms. The third-order valence-electron chi connectivity index (χ3n) is 1.28. The maximum Gasteiger partial charge on any atom is 0.217 e. The second-order valence-electron chi connectivity index (χ2n) is 2.28. The van der Waals surface area contributed by atoms with E-state index < -0.39 is 0 Å². The van der Waals surface area contributed by atoms with Crippen LogP contribution in [0.25, 0.3) is 0 Å². The maximum absolute atomic E-state index is 10.2. The molecule has 0 aromatic rings. The van der Waals surface area contributed by atoms with Crippen molar-refractivity contribution in [2.45, 2.75) is 32.0 Å². The summed E-state index contributed by atoms with van der Waals surface area (Å²) in [5.74, 6) is -0.175. The standard InChI is InChI=1S/C6H14BNO/c7-5-3-1-2-4-6(8)9/h1-5,7H2,(H2,8,9). The van der Waals surface area contributed by atoms with Crippen LogP contribution in [0.3, 0.4) is 0 Å². The Morgan fingerprint density at radius 2 is 2.00 bits per heavy atom. The first kappa shape index (κ1) is 8.53. The van der Waals surface area contributed by atoms with Gasteiger partial charge in [0, 0.05) is 6.42 Å². The van der Waals surface area contributed by atoms with Crippen molar-refractivity contribution < 1.29 is 4.79 Å². The molecule has 2 N–H and O–H groups in total. The number of nitrogens with two attached hydrogens (primary N) is 1. The maximum atomic E-state index is 10.2. The van der Waals surface area contributed by atoms with Crippen LogP contribution in [0.2, 0.25) is 6.32 Å². The fourth-order valence-electron chi connectivity index (χ4n) is 0.726. The van der Waals surface area contributed by atoms with Gasteiger partial charge in [-0.3, -0.25) is 4.79 Å². The highest BCUT2D eigenvalue weighted by Crippen LogP contribution is 2.00. The van der Waals surface area contributed by atoms with Gasteiger partial charge >= 0.3 is 0 Å². The minimum absolute atomic E-state index is 0.175. The number of primary amides is 1. The van der Waals surface area contributed by atoms with Crippen LogP contribution < -0.4 is 5.73 Å². The van der Waals surface area contributed by atoms with Crippen molar-refractivity contribution in [1.29, 1.82) is 0 Å². The summed E-state index contributed by atoms with van der Waals surface area (Å²) < 4.78 is 0. The van der Waals surface area contributed by atoms with Gasteiger partial charge in [0.25, 0.3) is 0 Å². The van der Waals surface area contributed by atoms with Crippen LogP contribution in [0.4, 0.5) is 0 Å². The molecule has 0 aromatic carbocycles. The Hall–Kier alpha value is -0.465. The van der Waals surface area contributed by atoms with Crippen molar-refractivity contribution in [1.82, 2.24) is 0 Å². The zero-order valence-electron chi connectivity index (χ0n) is 6.02. The van der Waals surface area contributed by atoms with Crippen LogP contribution in [0.5, 0.6) is 0 Å². The molecule has 52 valence electrons. The van der Waals surface area contributed by atoms with Crippen LogP contribution in [0, 0.1) is 0 Å². The number of rotatable bonds is 5. The highest BCUT2D eigenvalue weighted by atomic mass is 16.1. The summed E-state index contributed by atoms with van der Waals surface area (Å²) >= 11 is 0. The molecule has 0 aliphatic heterocycles. The van der Waals surface area contributed by atoms with Gasteiger partial charge < -0.3 is 5.73 Å². The summed E-state index contributed by atoms with van der Waals surface area (Å²) in [5, 5.41) is 0. The predicted molar refractivity (Wildman–Crippen MR) is 41.0 cm³/mol. The third kappa shape index (κ3) is 7.53. The molecule has 0 rings (SSSR count). The average Bonchev–Trinajstić information content (AvgIpc) is 1.80. The van der Waals surface area contributed by atoms with Gasteiger partial charge in [-0.15, -0.1) is 0 Å². The van der Waals surface area contributed by atoms with Gasteiger partial charge in [0.2, 0.25) is 5.91 Å². The van der Waals surface area contributed by atoms with Crippen LogP contribution in [-0.4, -0.2) is 13.8 Å². The number of hydrogen-bond donors (Lipinski definition) is 1. The van der Waals surface area contributed by atoms with Gasteiger partial charge in [-0.2, -0.15) is 0 Å². The lowest BCUT2D eigenvalue weighted by Crippen LogP contribution is -2.09. The molecule has 0 saturated heterocycles. The Morgan fingerprint density at radius 3 is 2.44 bits per heavy atom. The molecule has 0 atom stereocenters. The molecular weight excluding hydrogens is 113 g/mol. The summed E-state index contributed by atoms with van der Waals surface area (Å²) in [6.45, 7) is 0. The first-order valence-corrected chi connectivity index (χ1v) is 3.55. The molecule has 0 spiro atoms. The van der Waals surface area contributed by atoms with E-state index >= 15 is 0 Å². The van der Waals surface area contributed by atoms with Gasteiger partial charge in [-0.1, -0.05) is 19.2 Å². The van der Waals surface area contributed by atoms with Gasteiger partial charge in [-0.05, 0) is 6.42 Å². The van der Waals surface area contributed by atoms with Crippen molar-refractivity contribution in [2.75, 3.05) is 0 Å². The van der Waals surface area contributed by atoms with E-state index in [-0.39, 0.29) is 5.91 Å². The second kappa shape index (κ2) is 5.67. The fourth-order valence-corrected chi connectivity index (χ4v) is 0.726. The summed E-state index contributed by atoms with van der Waals surface area (Å²) in [4.78, 5) is 10.2. The molecule has 3 heteroatoms. The van der Waals surface area contributed by atoms with Gasteiger partial charge in [0.1, 0.15) is 7.85 Å². The van der Waals surface area contributed by atoms with Gasteiger partial charge in [-0.25, -0.2) is 0 Å². The molecule has 0 unspecified atom stereocenters. The molecule has 0 aliphatic rings. The predicted octanol–water partition coefficient (Wildman–Crippen LogP) is 0.0835. The Balaban J connectivity index is 2.83. The molecule has 0 aliphatic carbocycles. The van der Waals surface area contributed by atoms with Crippen LogP contribution in [-0.2, 0) is 4.79 Å². The fraction of sp³-hybridized carbons (Fsp3) is 0.833. The van der Waals surface area contributed by atoms with E-state index in [2.05, 4.69) is 7.85 Å². The van der Waals surface area contributed by atoms with E-state index in [0.29, 0.717) is 6.42 Å². The molecule has 0 radical (unpaired) electrons. The van der Waals surface area contributed by atoms with E-state index in [4.69, 9.17) is 5.73 Å². The highest BCUT2D eigenvalue weighted by molar-refractivity contribution is 6.08. The van der Waals surface area contributed by atoms with Crippen LogP contribution in [0.1, 0.15) is 25.7 Å². The van der Waals surface area contributed by atoms with Crippen molar-refractivity contribution in [2.24, 2.45) is 5.73 Å². The number of carbonyl (C=O) groups excluding carboxylic acids is 1. The van der Waals surface area contributed by atoms with Crippen LogP contribution >= 0.6 is 0 Å². The summed E-state index contributed by atoms with van der Waals surface area (Å²) in [6.07, 6.45) is 5.08. The summed E-state index contributed by atoms with van der Waals surface area (Å²) in [6, 6.07) is 0. The van der Waals surface area contributed by atoms with Gasteiger partial charge in [0.15, 0.2) is 0 Å². The Kier molecular flexibility index (Phi) is 5.37. The van der Waals surface area contributed by atoms with Crippen molar-refractivity contribution in [3.63, 3.8) is 0 Å². The van der Waals surface area contributed by atoms with Gasteiger partial charge in [0.05, 0.1) is 0 Å². The molecule has 0 heterocycles. The zero-order valence-corrected chi connectivity index (χ0v) is 6.02. The van der Waals surface area contributed by atoms with Crippen LogP contribution in [0.15, 0.2) is 0 Å². The Morgan fingerprint density at radius 1 is 1.33 bits per heavy atom. The molecule has 9 heavy (non-hydrogen) atoms. The lowest BCUT2D eigenvalue weighted by Gasteiger charge is -1.93. The largest absolute Gasteiger partial charge is 0.370 e. The molecule has 2 nitrogen and oxygen atoms in total. The van der Waals surface area contributed by atoms with Crippen molar-refractivity contribution in [3.05, 3.63) is 0 Å². The van der Waals surface area contributed by atoms with E-state index in [1.807, 2.05) is 0 Å². The monoisotopic (exact) mass is 127 g/mol. The molecular formula is C6H14BNO. The Bertz CT molecular complexity index is 85.1. The number of hydrogen-bond acceptors (Lipinski definition) is 1. The lowest BCUT2D eigenvalue weighted by molar-refractivity contribution is -0.118. The van der Waals surface area contributed by atoms with E-state index in [9.17, 15) is 4.79 Å². The first-order valence-electron chi connectivity index (χ1n) is 3.55. The normalized spacial score (nSPS) is 9.33. The van der Waals surface area contributed by atoms with Crippen molar-refractivity contribution in [3.8, 4) is 0 Å². The molecule has 0 fully saturated rings. The number of amides is 1. The topological polar surface area (TPSA) is 43.1 Å². The van der Waals surface area contributed by atoms with Crippen molar-refractivity contribution >= 4 is 13.8 Å². The summed E-state index contributed by atoms with van der Waals surface area (Å²) in [5.41, 5.74) is 4.94. The molecule has 0 aromatic heterocycles. The first-order chi connectivity index (χ1) is 4.27. The number of unbranched alkanes of at least 4 members (excludes halogenated alkanes) is 2. The zero-order chi connectivity index (χ0) is 7.11. The minimum atomic E-state index is -0.175. The summed E-state index contributed by atoms with van der Waals surface area (Å²) in [7, 11) is 2.14. The van der Waals surface area contributed by atoms with E-state index in [0.717, 1.165) is 12.8 Å². The molecule has 1 amide bonds. The lowest BCUT2D eigenvalue weighted by atomic mass is 9.99. The quantitative estimate of drug-likeness (QED) is 0.412. The number of carbonyl (C=O) groups is 1. The highest BCUT2D eigenvalue weighted by Gasteiger charge is 1.91. The van der Waals surface area contributed by atoms with E-state index in [1.165, 1.54) is 12.7 Å². The van der Waals surface area contributed by atoms with E-state index in [1.54, 1.807) is 0 Å². The molecule has 0 saturated carbocycles. The minimum Gasteiger partial charge on any atom is -0.370 e. The average molecular weight is 127 g/mol. The SMILES string of the molecule is BCCCCCC(N)=O. The Labute approximate surface area is 57.2 Å².